The topological polar surface area (TPSA) is 62.6 Å². The van der Waals surface area contributed by atoms with E-state index in [1.165, 1.54) is 24.3 Å². The van der Waals surface area contributed by atoms with Crippen LogP contribution in [-0.4, -0.2) is 16.9 Å². The number of rotatable bonds is 2. The molecular weight excluding hydrogens is 319 g/mol. The third-order valence-electron chi connectivity index (χ3n) is 3.24. The summed E-state index contributed by atoms with van der Waals surface area (Å²) in [6, 6.07) is 9.02. The van der Waals surface area contributed by atoms with Gasteiger partial charge in [-0.3, -0.25) is 14.9 Å². The molecule has 0 atom stereocenters. The van der Waals surface area contributed by atoms with Gasteiger partial charge in [-0.05, 0) is 49.5 Å². The minimum absolute atomic E-state index is 0.0241. The summed E-state index contributed by atoms with van der Waals surface area (Å²) in [5.74, 6) is -0.989. The highest BCUT2D eigenvalue weighted by atomic mass is 32.1. The van der Waals surface area contributed by atoms with Crippen molar-refractivity contribution in [3.63, 3.8) is 0 Å². The molecule has 0 saturated carbocycles. The molecule has 0 aliphatic carbocycles. The second kappa shape index (κ2) is 5.77. The molecule has 116 valence electrons. The summed E-state index contributed by atoms with van der Waals surface area (Å²) in [7, 11) is 0. The first-order valence-electron chi connectivity index (χ1n) is 6.70. The third kappa shape index (κ3) is 2.78. The summed E-state index contributed by atoms with van der Waals surface area (Å²) >= 11 is 5.00. The second-order valence-corrected chi connectivity index (χ2v) is 5.24. The molecule has 2 aromatic rings. The Hall–Kier alpha value is -2.80. The lowest BCUT2D eigenvalue weighted by Crippen LogP contribution is -2.54. The minimum atomic E-state index is -0.710. The fourth-order valence-corrected chi connectivity index (χ4v) is 2.46. The van der Waals surface area contributed by atoms with Gasteiger partial charge in [0, 0.05) is 0 Å². The number of hydrogen-bond acceptors (Lipinski definition) is 4. The Morgan fingerprint density at radius 2 is 1.96 bits per heavy atom. The van der Waals surface area contributed by atoms with Crippen LogP contribution in [0.15, 0.2) is 46.4 Å². The number of aryl methyl sites for hydroxylation is 1. The third-order valence-corrected chi connectivity index (χ3v) is 3.53. The average Bonchev–Trinajstić information content (AvgIpc) is 2.91. The van der Waals surface area contributed by atoms with Crippen molar-refractivity contribution in [1.29, 1.82) is 0 Å². The SMILES string of the molecule is Cc1ccc(/C=C2/C(=O)NC(=S)N(c3ccccc3F)C2=O)o1. The number of furan rings is 1. The molecule has 3 rings (SSSR count). The van der Waals surface area contributed by atoms with Gasteiger partial charge in [-0.15, -0.1) is 0 Å². The van der Waals surface area contributed by atoms with E-state index in [2.05, 4.69) is 5.32 Å². The first-order chi connectivity index (χ1) is 11.0. The Bertz CT molecular complexity index is 857. The number of benzene rings is 1. The molecule has 0 radical (unpaired) electrons. The summed E-state index contributed by atoms with van der Waals surface area (Å²) in [4.78, 5) is 25.6. The molecule has 0 spiro atoms. The van der Waals surface area contributed by atoms with Crippen molar-refractivity contribution < 1.29 is 18.4 Å². The molecule has 1 aromatic carbocycles. The van der Waals surface area contributed by atoms with Crippen LogP contribution in [0, 0.1) is 12.7 Å². The Balaban J connectivity index is 2.04. The fourth-order valence-electron chi connectivity index (χ4n) is 2.18. The monoisotopic (exact) mass is 330 g/mol. The van der Waals surface area contributed by atoms with E-state index in [9.17, 15) is 14.0 Å². The number of thiocarbonyl (C=S) groups is 1. The first-order valence-corrected chi connectivity index (χ1v) is 7.10. The van der Waals surface area contributed by atoms with Crippen LogP contribution < -0.4 is 10.2 Å². The van der Waals surface area contributed by atoms with Gasteiger partial charge in [0.15, 0.2) is 5.11 Å². The highest BCUT2D eigenvalue weighted by molar-refractivity contribution is 7.80. The van der Waals surface area contributed by atoms with E-state index in [0.29, 0.717) is 11.5 Å². The molecule has 0 bridgehead atoms. The number of anilines is 1. The van der Waals surface area contributed by atoms with E-state index in [1.807, 2.05) is 0 Å². The van der Waals surface area contributed by atoms with Crippen molar-refractivity contribution in [2.45, 2.75) is 6.92 Å². The number of nitrogens with one attached hydrogen (secondary N) is 1. The lowest BCUT2D eigenvalue weighted by molar-refractivity contribution is -0.122. The fraction of sp³-hybridized carbons (Fsp3) is 0.0625. The number of hydrogen-bond donors (Lipinski definition) is 1. The summed E-state index contributed by atoms with van der Waals surface area (Å²) in [6.07, 6.45) is 1.31. The highest BCUT2D eigenvalue weighted by Gasteiger charge is 2.35. The molecule has 1 N–H and O–H groups in total. The zero-order valence-electron chi connectivity index (χ0n) is 12.0. The van der Waals surface area contributed by atoms with Crippen LogP contribution in [0.25, 0.3) is 6.08 Å². The van der Waals surface area contributed by atoms with Gasteiger partial charge in [-0.1, -0.05) is 12.1 Å². The normalized spacial score (nSPS) is 16.9. The van der Waals surface area contributed by atoms with Crippen molar-refractivity contribution in [2.75, 3.05) is 4.90 Å². The number of carbonyl (C=O) groups is 2. The maximum atomic E-state index is 14.0. The number of halogens is 1. The van der Waals surface area contributed by atoms with E-state index in [4.69, 9.17) is 16.6 Å². The Morgan fingerprint density at radius 1 is 1.22 bits per heavy atom. The largest absolute Gasteiger partial charge is 0.462 e. The van der Waals surface area contributed by atoms with Gasteiger partial charge >= 0.3 is 0 Å². The van der Waals surface area contributed by atoms with Crippen molar-refractivity contribution in [1.82, 2.24) is 5.32 Å². The zero-order valence-corrected chi connectivity index (χ0v) is 12.8. The molecular formula is C16H11FN2O3S. The Labute approximate surface area is 136 Å². The maximum Gasteiger partial charge on any atom is 0.270 e. The van der Waals surface area contributed by atoms with E-state index in [1.54, 1.807) is 25.1 Å². The van der Waals surface area contributed by atoms with E-state index < -0.39 is 17.6 Å². The molecule has 1 saturated heterocycles. The van der Waals surface area contributed by atoms with Crippen molar-refractivity contribution in [3.05, 3.63) is 59.3 Å². The molecule has 1 fully saturated rings. The molecule has 1 aliphatic rings. The van der Waals surface area contributed by atoms with Crippen molar-refractivity contribution >= 4 is 40.9 Å². The molecule has 2 amide bonds. The quantitative estimate of drug-likeness (QED) is 0.522. The average molecular weight is 330 g/mol. The van der Waals surface area contributed by atoms with E-state index in [-0.39, 0.29) is 16.4 Å². The van der Waals surface area contributed by atoms with E-state index in [0.717, 1.165) is 4.90 Å². The summed E-state index contributed by atoms with van der Waals surface area (Å²) in [5, 5.41) is 2.21. The van der Waals surface area contributed by atoms with Gasteiger partial charge < -0.3 is 4.42 Å². The Kier molecular flexibility index (Phi) is 3.79. The van der Waals surface area contributed by atoms with Crippen molar-refractivity contribution in [3.8, 4) is 0 Å². The smallest absolute Gasteiger partial charge is 0.270 e. The van der Waals surface area contributed by atoms with Gasteiger partial charge in [0.1, 0.15) is 22.9 Å². The standard InChI is InChI=1S/C16H11FN2O3S/c1-9-6-7-10(22-9)8-11-14(20)18-16(23)19(15(11)21)13-5-3-2-4-12(13)17/h2-8H,1H3,(H,18,20,23)/b11-8-. The first kappa shape index (κ1) is 15.1. The molecule has 7 heteroatoms. The predicted molar refractivity (Wildman–Crippen MR) is 86.0 cm³/mol. The van der Waals surface area contributed by atoms with Gasteiger partial charge in [-0.2, -0.15) is 0 Å². The number of carbonyl (C=O) groups excluding carboxylic acids is 2. The van der Waals surface area contributed by atoms with Crippen LogP contribution in [0.1, 0.15) is 11.5 Å². The van der Waals surface area contributed by atoms with E-state index >= 15 is 0 Å². The van der Waals surface area contributed by atoms with Crippen LogP contribution in [0.2, 0.25) is 0 Å². The predicted octanol–water partition coefficient (Wildman–Crippen LogP) is 2.56. The summed E-state index contributed by atoms with van der Waals surface area (Å²) < 4.78 is 19.3. The molecule has 23 heavy (non-hydrogen) atoms. The number of nitrogens with zero attached hydrogens (tertiary/aromatic N) is 1. The second-order valence-electron chi connectivity index (χ2n) is 4.86. The molecule has 1 aromatic heterocycles. The molecule has 0 unspecified atom stereocenters. The lowest BCUT2D eigenvalue weighted by atomic mass is 10.1. The lowest BCUT2D eigenvalue weighted by Gasteiger charge is -2.28. The van der Waals surface area contributed by atoms with Crippen LogP contribution in [0.3, 0.4) is 0 Å². The Morgan fingerprint density at radius 3 is 2.61 bits per heavy atom. The summed E-state index contributed by atoms with van der Waals surface area (Å²) in [6.45, 7) is 1.74. The van der Waals surface area contributed by atoms with Crippen LogP contribution in [-0.2, 0) is 9.59 Å². The minimum Gasteiger partial charge on any atom is -0.462 e. The highest BCUT2D eigenvalue weighted by Crippen LogP contribution is 2.24. The van der Waals surface area contributed by atoms with Gasteiger partial charge in [0.05, 0.1) is 5.69 Å². The van der Waals surface area contributed by atoms with Crippen molar-refractivity contribution in [2.24, 2.45) is 0 Å². The van der Waals surface area contributed by atoms with Crippen LogP contribution in [0.4, 0.5) is 10.1 Å². The van der Waals surface area contributed by atoms with Gasteiger partial charge in [0.2, 0.25) is 0 Å². The maximum absolute atomic E-state index is 14.0. The zero-order chi connectivity index (χ0) is 16.6. The van der Waals surface area contributed by atoms with Gasteiger partial charge in [-0.25, -0.2) is 9.29 Å². The van der Waals surface area contributed by atoms with Crippen LogP contribution >= 0.6 is 12.2 Å². The molecule has 2 heterocycles. The van der Waals surface area contributed by atoms with Gasteiger partial charge in [0.25, 0.3) is 11.8 Å². The summed E-state index contributed by atoms with van der Waals surface area (Å²) in [5.41, 5.74) is -0.208. The molecule has 1 aliphatic heterocycles. The molecule has 5 nitrogen and oxygen atoms in total. The number of para-hydroxylation sites is 1. The number of amides is 2. The van der Waals surface area contributed by atoms with Crippen LogP contribution in [0.5, 0.6) is 0 Å².